The summed E-state index contributed by atoms with van der Waals surface area (Å²) in [5.74, 6) is -0.463. The zero-order valence-corrected chi connectivity index (χ0v) is 16.8. The summed E-state index contributed by atoms with van der Waals surface area (Å²) in [7, 11) is 1.56. The number of methoxy groups -OCH3 is 1. The summed E-state index contributed by atoms with van der Waals surface area (Å²) in [6, 6.07) is 5.19. The number of aryl methyl sites for hydroxylation is 1. The van der Waals surface area contributed by atoms with Crippen molar-refractivity contribution in [1.82, 2.24) is 9.55 Å². The van der Waals surface area contributed by atoms with Crippen LogP contribution >= 0.6 is 11.3 Å². The van der Waals surface area contributed by atoms with Crippen molar-refractivity contribution in [1.29, 1.82) is 0 Å². The molecule has 0 aliphatic carbocycles. The van der Waals surface area contributed by atoms with Crippen LogP contribution in [0.3, 0.4) is 0 Å². The third-order valence-electron chi connectivity index (χ3n) is 4.70. The second kappa shape index (κ2) is 8.20. The number of fused-ring (bicyclic) bond motifs is 1. The second-order valence-corrected chi connectivity index (χ2v) is 7.70. The fourth-order valence-electron chi connectivity index (χ4n) is 3.38. The highest BCUT2D eigenvalue weighted by Gasteiger charge is 2.25. The first-order chi connectivity index (χ1) is 13.4. The molecule has 1 amide bonds. The number of carbonyl (C=O) groups excluding carboxylic acids is 1. The summed E-state index contributed by atoms with van der Waals surface area (Å²) in [5.41, 5.74) is 6.69. The van der Waals surface area contributed by atoms with Crippen LogP contribution in [0.5, 0.6) is 0 Å². The van der Waals surface area contributed by atoms with Gasteiger partial charge in [0.15, 0.2) is 0 Å². The monoisotopic (exact) mass is 403 g/mol. The average Bonchev–Trinajstić information content (AvgIpc) is 2.99. The SMILES string of the molecule is CCC(C(N)=O)n1c(CCOC)nc2sc(C)c(-c3ccc(F)cc3)c2c1=O. The quantitative estimate of drug-likeness (QED) is 0.656. The summed E-state index contributed by atoms with van der Waals surface area (Å²) in [6.45, 7) is 4.06. The zero-order chi connectivity index (χ0) is 20.4. The molecule has 0 saturated carbocycles. The van der Waals surface area contributed by atoms with Crippen molar-refractivity contribution in [3.8, 4) is 11.1 Å². The Balaban J connectivity index is 2.34. The van der Waals surface area contributed by atoms with E-state index in [0.717, 1.165) is 10.4 Å². The Morgan fingerprint density at radius 3 is 2.61 bits per heavy atom. The molecule has 2 N–H and O–H groups in total. The standard InChI is InChI=1S/C20H22FN3O3S/c1-4-14(18(22)25)24-15(9-10-27-3)23-19-17(20(24)26)16(11(2)28-19)12-5-7-13(21)8-6-12/h5-8,14H,4,9-10H2,1-3H3,(H2,22,25). The summed E-state index contributed by atoms with van der Waals surface area (Å²) in [4.78, 5) is 31.7. The number of primary amides is 1. The summed E-state index contributed by atoms with van der Waals surface area (Å²) in [6.07, 6.45) is 0.756. The molecule has 0 saturated heterocycles. The van der Waals surface area contributed by atoms with Crippen LogP contribution in [-0.4, -0.2) is 29.2 Å². The lowest BCUT2D eigenvalue weighted by Gasteiger charge is -2.19. The second-order valence-electron chi connectivity index (χ2n) is 6.49. The molecule has 28 heavy (non-hydrogen) atoms. The van der Waals surface area contributed by atoms with Crippen LogP contribution in [0.2, 0.25) is 0 Å². The highest BCUT2D eigenvalue weighted by molar-refractivity contribution is 7.19. The Morgan fingerprint density at radius 2 is 2.04 bits per heavy atom. The molecule has 0 aliphatic rings. The van der Waals surface area contributed by atoms with E-state index in [4.69, 9.17) is 10.5 Å². The van der Waals surface area contributed by atoms with E-state index in [-0.39, 0.29) is 11.4 Å². The predicted molar refractivity (Wildman–Crippen MR) is 108 cm³/mol. The maximum absolute atomic E-state index is 13.5. The molecule has 0 aliphatic heterocycles. The van der Waals surface area contributed by atoms with E-state index in [0.29, 0.717) is 41.1 Å². The van der Waals surface area contributed by atoms with Crippen LogP contribution in [0.4, 0.5) is 4.39 Å². The summed E-state index contributed by atoms with van der Waals surface area (Å²) in [5, 5.41) is 0.426. The van der Waals surface area contributed by atoms with Crippen molar-refractivity contribution in [3.63, 3.8) is 0 Å². The molecule has 0 bridgehead atoms. The Bertz CT molecular complexity index is 1070. The van der Waals surface area contributed by atoms with Gasteiger partial charge in [0, 0.05) is 24.0 Å². The summed E-state index contributed by atoms with van der Waals surface area (Å²) >= 11 is 1.40. The molecular weight excluding hydrogens is 381 g/mol. The van der Waals surface area contributed by atoms with E-state index >= 15 is 0 Å². The molecule has 0 radical (unpaired) electrons. The lowest BCUT2D eigenvalue weighted by Crippen LogP contribution is -2.36. The fourth-order valence-corrected chi connectivity index (χ4v) is 4.44. The number of aromatic nitrogens is 2. The van der Waals surface area contributed by atoms with Crippen molar-refractivity contribution in [2.45, 2.75) is 32.7 Å². The maximum Gasteiger partial charge on any atom is 0.263 e. The van der Waals surface area contributed by atoms with E-state index in [1.165, 1.54) is 28.0 Å². The van der Waals surface area contributed by atoms with Gasteiger partial charge in [-0.15, -0.1) is 11.3 Å². The molecule has 3 rings (SSSR count). The number of nitrogens with two attached hydrogens (primary N) is 1. The molecule has 1 aromatic carbocycles. The lowest BCUT2D eigenvalue weighted by atomic mass is 10.0. The van der Waals surface area contributed by atoms with Crippen molar-refractivity contribution in [2.75, 3.05) is 13.7 Å². The molecule has 6 nitrogen and oxygen atoms in total. The molecular formula is C20H22FN3O3S. The van der Waals surface area contributed by atoms with Gasteiger partial charge in [-0.1, -0.05) is 19.1 Å². The van der Waals surface area contributed by atoms with E-state index < -0.39 is 11.9 Å². The van der Waals surface area contributed by atoms with Crippen molar-refractivity contribution in [3.05, 3.63) is 51.1 Å². The minimum atomic E-state index is -0.794. The van der Waals surface area contributed by atoms with Gasteiger partial charge in [0.1, 0.15) is 22.5 Å². The van der Waals surface area contributed by atoms with Crippen LogP contribution in [0.1, 0.15) is 30.1 Å². The molecule has 1 unspecified atom stereocenters. The summed E-state index contributed by atoms with van der Waals surface area (Å²) < 4.78 is 19.9. The number of nitrogens with zero attached hydrogens (tertiary/aromatic N) is 2. The molecule has 0 fully saturated rings. The Kier molecular flexibility index (Phi) is 5.90. The van der Waals surface area contributed by atoms with Crippen LogP contribution in [0.25, 0.3) is 21.3 Å². The van der Waals surface area contributed by atoms with E-state index in [1.54, 1.807) is 26.2 Å². The van der Waals surface area contributed by atoms with Crippen LogP contribution in [0.15, 0.2) is 29.1 Å². The molecule has 148 valence electrons. The van der Waals surface area contributed by atoms with Crippen molar-refractivity contribution >= 4 is 27.5 Å². The molecule has 8 heteroatoms. The lowest BCUT2D eigenvalue weighted by molar-refractivity contribution is -0.121. The van der Waals surface area contributed by atoms with E-state index in [2.05, 4.69) is 4.98 Å². The number of halogens is 1. The first kappa shape index (κ1) is 20.2. The Hall–Kier alpha value is -2.58. The number of amides is 1. The fraction of sp³-hybridized carbons (Fsp3) is 0.350. The molecule has 3 aromatic rings. The maximum atomic E-state index is 13.5. The van der Waals surface area contributed by atoms with Gasteiger partial charge < -0.3 is 10.5 Å². The Labute approximate surface area is 165 Å². The third kappa shape index (κ3) is 3.57. The van der Waals surface area contributed by atoms with E-state index in [9.17, 15) is 14.0 Å². The minimum absolute atomic E-state index is 0.314. The van der Waals surface area contributed by atoms with Crippen molar-refractivity contribution in [2.24, 2.45) is 5.73 Å². The normalized spacial score (nSPS) is 12.4. The van der Waals surface area contributed by atoms with Crippen LogP contribution < -0.4 is 11.3 Å². The van der Waals surface area contributed by atoms with Gasteiger partial charge in [-0.25, -0.2) is 9.37 Å². The van der Waals surface area contributed by atoms with Gasteiger partial charge in [-0.05, 0) is 31.0 Å². The molecule has 2 aromatic heterocycles. The largest absolute Gasteiger partial charge is 0.384 e. The highest BCUT2D eigenvalue weighted by atomic mass is 32.1. The number of carbonyl (C=O) groups is 1. The zero-order valence-electron chi connectivity index (χ0n) is 16.0. The van der Waals surface area contributed by atoms with Crippen LogP contribution in [-0.2, 0) is 16.0 Å². The Morgan fingerprint density at radius 1 is 1.36 bits per heavy atom. The number of hydrogen-bond donors (Lipinski definition) is 1. The smallest absolute Gasteiger partial charge is 0.263 e. The number of rotatable bonds is 7. The number of thiophene rings is 1. The first-order valence-corrected chi connectivity index (χ1v) is 9.79. The average molecular weight is 403 g/mol. The highest BCUT2D eigenvalue weighted by Crippen LogP contribution is 2.36. The predicted octanol–water partition coefficient (Wildman–Crippen LogP) is 3.20. The molecule has 1 atom stereocenters. The van der Waals surface area contributed by atoms with E-state index in [1.807, 2.05) is 6.92 Å². The molecule has 2 heterocycles. The number of ether oxygens (including phenoxy) is 1. The molecule has 0 spiro atoms. The first-order valence-electron chi connectivity index (χ1n) is 8.97. The van der Waals surface area contributed by atoms with Gasteiger partial charge in [0.25, 0.3) is 5.56 Å². The third-order valence-corrected chi connectivity index (χ3v) is 5.70. The minimum Gasteiger partial charge on any atom is -0.384 e. The van der Waals surface area contributed by atoms with Gasteiger partial charge in [-0.3, -0.25) is 14.2 Å². The van der Waals surface area contributed by atoms with Gasteiger partial charge in [0.2, 0.25) is 5.91 Å². The van der Waals surface area contributed by atoms with Gasteiger partial charge in [0.05, 0.1) is 12.0 Å². The van der Waals surface area contributed by atoms with Crippen molar-refractivity contribution < 1.29 is 13.9 Å². The number of benzene rings is 1. The topological polar surface area (TPSA) is 87.2 Å². The van der Waals surface area contributed by atoms with Gasteiger partial charge >= 0.3 is 0 Å². The van der Waals surface area contributed by atoms with Gasteiger partial charge in [-0.2, -0.15) is 0 Å². The van der Waals surface area contributed by atoms with Crippen LogP contribution in [0, 0.1) is 12.7 Å². The number of hydrogen-bond acceptors (Lipinski definition) is 5.